The smallest absolute Gasteiger partial charge is 0.249 e. The van der Waals surface area contributed by atoms with Gasteiger partial charge in [-0.15, -0.1) is 0 Å². The second kappa shape index (κ2) is 8.89. The van der Waals surface area contributed by atoms with Crippen LogP contribution in [-0.4, -0.2) is 34.2 Å². The number of carbonyl (C=O) groups is 1. The molecule has 0 aromatic carbocycles. The molecule has 1 aliphatic rings. The number of nitrogens with zero attached hydrogens (tertiary/aromatic N) is 3. The predicted octanol–water partition coefficient (Wildman–Crippen LogP) is 2.80. The summed E-state index contributed by atoms with van der Waals surface area (Å²) in [5.74, 6) is 1.57. The van der Waals surface area contributed by atoms with Crippen molar-refractivity contribution in [1.29, 1.82) is 0 Å². The van der Waals surface area contributed by atoms with Crippen molar-refractivity contribution in [2.24, 2.45) is 5.92 Å². The number of hydrogen-bond donors (Lipinski definition) is 1. The fraction of sp³-hybridized carbons (Fsp3) is 0.579. The maximum Gasteiger partial charge on any atom is 0.249 e. The normalized spacial score (nSPS) is 16.6. The van der Waals surface area contributed by atoms with E-state index in [1.54, 1.807) is 12.4 Å². The topological polar surface area (TPSA) is 90.1 Å². The second-order valence-corrected chi connectivity index (χ2v) is 7.00. The second-order valence-electron chi connectivity index (χ2n) is 7.00. The molecule has 1 amide bonds. The molecule has 3 heterocycles. The van der Waals surface area contributed by atoms with Gasteiger partial charge in [-0.25, -0.2) is 0 Å². The molecule has 0 radical (unpaired) electrons. The number of ether oxygens (including phenoxy) is 1. The van der Waals surface area contributed by atoms with Crippen molar-refractivity contribution in [1.82, 2.24) is 20.4 Å². The molecule has 7 nitrogen and oxygen atoms in total. The van der Waals surface area contributed by atoms with Crippen molar-refractivity contribution in [3.63, 3.8) is 0 Å². The van der Waals surface area contributed by atoms with E-state index in [2.05, 4.69) is 20.4 Å². The highest BCUT2D eigenvalue weighted by molar-refractivity contribution is 5.76. The SMILES string of the molecule is CC(C)c1noc(C(NC(=O)CCc2cccnc2)C2CCOCC2)n1. The van der Waals surface area contributed by atoms with Crippen LogP contribution in [0.5, 0.6) is 0 Å². The molecule has 1 saturated heterocycles. The Morgan fingerprint density at radius 2 is 2.15 bits per heavy atom. The van der Waals surface area contributed by atoms with Crippen LogP contribution in [0, 0.1) is 5.92 Å². The number of aromatic nitrogens is 3. The van der Waals surface area contributed by atoms with Crippen molar-refractivity contribution in [2.75, 3.05) is 13.2 Å². The fourth-order valence-corrected chi connectivity index (χ4v) is 3.09. The molecule has 7 heteroatoms. The summed E-state index contributed by atoms with van der Waals surface area (Å²) < 4.78 is 10.9. The summed E-state index contributed by atoms with van der Waals surface area (Å²) in [6.45, 7) is 5.42. The van der Waals surface area contributed by atoms with Gasteiger partial charge < -0.3 is 14.6 Å². The van der Waals surface area contributed by atoms with E-state index in [9.17, 15) is 4.79 Å². The first kappa shape index (κ1) is 18.5. The summed E-state index contributed by atoms with van der Waals surface area (Å²) >= 11 is 0. The lowest BCUT2D eigenvalue weighted by Crippen LogP contribution is -2.36. The first-order chi connectivity index (χ1) is 12.6. The predicted molar refractivity (Wildman–Crippen MR) is 95.4 cm³/mol. The minimum absolute atomic E-state index is 0.0189. The Balaban J connectivity index is 1.67. The molecule has 0 aliphatic carbocycles. The zero-order chi connectivity index (χ0) is 18.4. The van der Waals surface area contributed by atoms with Crippen LogP contribution in [-0.2, 0) is 16.0 Å². The van der Waals surface area contributed by atoms with Crippen molar-refractivity contribution in [3.05, 3.63) is 41.8 Å². The van der Waals surface area contributed by atoms with Gasteiger partial charge in [0.25, 0.3) is 0 Å². The van der Waals surface area contributed by atoms with Crippen LogP contribution in [0.2, 0.25) is 0 Å². The van der Waals surface area contributed by atoms with Crippen LogP contribution in [0.3, 0.4) is 0 Å². The molecule has 1 N–H and O–H groups in total. The molecule has 2 aromatic heterocycles. The standard InChI is InChI=1S/C19H26N4O3/c1-13(2)18-22-19(26-23-18)17(15-7-10-25-11-8-15)21-16(24)6-5-14-4-3-9-20-12-14/h3-4,9,12-13,15,17H,5-8,10-11H2,1-2H3,(H,21,24). The largest absolute Gasteiger partial charge is 0.381 e. The summed E-state index contributed by atoms with van der Waals surface area (Å²) in [5.41, 5.74) is 1.05. The number of nitrogens with one attached hydrogen (secondary N) is 1. The lowest BCUT2D eigenvalue weighted by atomic mass is 9.91. The van der Waals surface area contributed by atoms with E-state index in [0.29, 0.717) is 37.8 Å². The number of aryl methyl sites for hydroxylation is 1. The van der Waals surface area contributed by atoms with Gasteiger partial charge in [0.2, 0.25) is 11.8 Å². The summed E-state index contributed by atoms with van der Waals surface area (Å²) in [4.78, 5) is 21.1. The molecule has 140 valence electrons. The zero-order valence-corrected chi connectivity index (χ0v) is 15.4. The van der Waals surface area contributed by atoms with Gasteiger partial charge in [0.05, 0.1) is 0 Å². The van der Waals surface area contributed by atoms with Gasteiger partial charge in [-0.3, -0.25) is 9.78 Å². The Labute approximate surface area is 153 Å². The molecule has 1 aliphatic heterocycles. The number of carbonyl (C=O) groups excluding carboxylic acids is 1. The van der Waals surface area contributed by atoms with Gasteiger partial charge in [-0.05, 0) is 36.8 Å². The van der Waals surface area contributed by atoms with E-state index in [4.69, 9.17) is 9.26 Å². The van der Waals surface area contributed by atoms with E-state index in [0.717, 1.165) is 18.4 Å². The number of rotatable bonds is 7. The van der Waals surface area contributed by atoms with Gasteiger partial charge in [0.15, 0.2) is 5.82 Å². The molecule has 2 aromatic rings. The maximum absolute atomic E-state index is 12.5. The van der Waals surface area contributed by atoms with Crippen LogP contribution >= 0.6 is 0 Å². The molecule has 26 heavy (non-hydrogen) atoms. The van der Waals surface area contributed by atoms with Crippen LogP contribution in [0.15, 0.2) is 29.0 Å². The van der Waals surface area contributed by atoms with Gasteiger partial charge >= 0.3 is 0 Å². The molecule has 1 unspecified atom stereocenters. The van der Waals surface area contributed by atoms with Crippen molar-refractivity contribution < 1.29 is 14.1 Å². The lowest BCUT2D eigenvalue weighted by molar-refractivity contribution is -0.122. The summed E-state index contributed by atoms with van der Waals surface area (Å²) in [7, 11) is 0. The Morgan fingerprint density at radius 3 is 2.81 bits per heavy atom. The zero-order valence-electron chi connectivity index (χ0n) is 15.4. The summed E-state index contributed by atoms with van der Waals surface area (Å²) in [6.07, 6.45) is 6.31. The molecule has 1 fully saturated rings. The highest BCUT2D eigenvalue weighted by Gasteiger charge is 2.31. The molecule has 0 saturated carbocycles. The molecule has 0 spiro atoms. The molecular weight excluding hydrogens is 332 g/mol. The quantitative estimate of drug-likeness (QED) is 0.818. The Morgan fingerprint density at radius 1 is 1.35 bits per heavy atom. The first-order valence-electron chi connectivity index (χ1n) is 9.23. The van der Waals surface area contributed by atoms with Crippen LogP contribution < -0.4 is 5.32 Å². The monoisotopic (exact) mass is 358 g/mol. The first-order valence-corrected chi connectivity index (χ1v) is 9.23. The number of hydrogen-bond acceptors (Lipinski definition) is 6. The van der Waals surface area contributed by atoms with Crippen molar-refractivity contribution >= 4 is 5.91 Å². The minimum atomic E-state index is -0.264. The Bertz CT molecular complexity index is 696. The van der Waals surface area contributed by atoms with Crippen LogP contribution in [0.25, 0.3) is 0 Å². The highest BCUT2D eigenvalue weighted by Crippen LogP contribution is 2.30. The fourth-order valence-electron chi connectivity index (χ4n) is 3.09. The third-order valence-electron chi connectivity index (χ3n) is 4.66. The van der Waals surface area contributed by atoms with Crippen LogP contribution in [0.4, 0.5) is 0 Å². The van der Waals surface area contributed by atoms with Crippen LogP contribution in [0.1, 0.15) is 62.3 Å². The van der Waals surface area contributed by atoms with Gasteiger partial charge in [0.1, 0.15) is 6.04 Å². The third-order valence-corrected chi connectivity index (χ3v) is 4.66. The molecule has 1 atom stereocenters. The average molecular weight is 358 g/mol. The Kier molecular flexibility index (Phi) is 6.33. The van der Waals surface area contributed by atoms with Crippen molar-refractivity contribution in [2.45, 2.75) is 51.5 Å². The van der Waals surface area contributed by atoms with E-state index in [1.165, 1.54) is 0 Å². The van der Waals surface area contributed by atoms with E-state index in [-0.39, 0.29) is 23.8 Å². The van der Waals surface area contributed by atoms with E-state index < -0.39 is 0 Å². The third kappa shape index (κ3) is 4.88. The summed E-state index contributed by atoms with van der Waals surface area (Å²) in [6, 6.07) is 3.59. The highest BCUT2D eigenvalue weighted by atomic mass is 16.5. The molecule has 3 rings (SSSR count). The van der Waals surface area contributed by atoms with Crippen molar-refractivity contribution in [3.8, 4) is 0 Å². The molecule has 0 bridgehead atoms. The number of pyridine rings is 1. The minimum Gasteiger partial charge on any atom is -0.381 e. The number of amides is 1. The van der Waals surface area contributed by atoms with Gasteiger partial charge in [-0.1, -0.05) is 25.1 Å². The van der Waals surface area contributed by atoms with E-state index in [1.807, 2.05) is 26.0 Å². The van der Waals surface area contributed by atoms with Gasteiger partial charge in [0, 0.05) is 37.9 Å². The maximum atomic E-state index is 12.5. The average Bonchev–Trinajstić information content (AvgIpc) is 3.16. The van der Waals surface area contributed by atoms with E-state index >= 15 is 0 Å². The lowest BCUT2D eigenvalue weighted by Gasteiger charge is -2.28. The Hall–Kier alpha value is -2.28. The molecular formula is C19H26N4O3. The summed E-state index contributed by atoms with van der Waals surface area (Å²) in [5, 5.41) is 7.17. The van der Waals surface area contributed by atoms with Gasteiger partial charge in [-0.2, -0.15) is 4.98 Å².